The molecule has 0 aliphatic carbocycles. The number of halogens is 1. The van der Waals surface area contributed by atoms with Gasteiger partial charge in [-0.15, -0.1) is 5.10 Å². The van der Waals surface area contributed by atoms with Gasteiger partial charge in [0.25, 0.3) is 0 Å². The summed E-state index contributed by atoms with van der Waals surface area (Å²) in [6, 6.07) is 24.0. The molecule has 0 fully saturated rings. The van der Waals surface area contributed by atoms with E-state index >= 15 is 0 Å². The topological polar surface area (TPSA) is 98.4 Å². The van der Waals surface area contributed by atoms with E-state index in [-0.39, 0.29) is 11.9 Å². The predicted molar refractivity (Wildman–Crippen MR) is 147 cm³/mol. The van der Waals surface area contributed by atoms with Crippen LogP contribution in [0.25, 0.3) is 22.2 Å². The van der Waals surface area contributed by atoms with Crippen LogP contribution in [0.5, 0.6) is 0 Å². The molecule has 2 aromatic heterocycles. The lowest BCUT2D eigenvalue weighted by Crippen LogP contribution is -2.56. The largest absolute Gasteiger partial charge is 0.481 e. The molecule has 39 heavy (non-hydrogen) atoms. The summed E-state index contributed by atoms with van der Waals surface area (Å²) in [7, 11) is 3.12. The molecule has 2 unspecified atom stereocenters. The fourth-order valence-corrected chi connectivity index (χ4v) is 5.42. The van der Waals surface area contributed by atoms with E-state index in [0.29, 0.717) is 24.6 Å². The summed E-state index contributed by atoms with van der Waals surface area (Å²) < 4.78 is 19.5. The predicted octanol–water partition coefficient (Wildman–Crippen LogP) is 4.88. The fourth-order valence-electron chi connectivity index (χ4n) is 5.42. The first-order chi connectivity index (χ1) is 19.0. The summed E-state index contributed by atoms with van der Waals surface area (Å²) in [5.74, 6) is 0.717. The molecule has 9 heteroatoms. The van der Waals surface area contributed by atoms with Crippen LogP contribution >= 0.6 is 0 Å². The van der Waals surface area contributed by atoms with Gasteiger partial charge in [-0.1, -0.05) is 48.5 Å². The molecule has 0 saturated heterocycles. The molecule has 196 valence electrons. The number of imidazole rings is 1. The fraction of sp³-hybridized carbons (Fsp3) is 0.167. The van der Waals surface area contributed by atoms with Crippen molar-refractivity contribution in [3.8, 4) is 11.3 Å². The van der Waals surface area contributed by atoms with Gasteiger partial charge < -0.3 is 14.7 Å². The number of amides is 1. The van der Waals surface area contributed by atoms with Crippen molar-refractivity contribution in [3.05, 3.63) is 114 Å². The van der Waals surface area contributed by atoms with Gasteiger partial charge in [0, 0.05) is 18.0 Å². The number of benzene rings is 3. The average Bonchev–Trinajstić information content (AvgIpc) is 3.62. The second-order valence-electron chi connectivity index (χ2n) is 9.52. The van der Waals surface area contributed by atoms with E-state index in [1.807, 2.05) is 48.5 Å². The lowest BCUT2D eigenvalue weighted by Gasteiger charge is -2.42. The number of hydrazone groups is 1. The van der Waals surface area contributed by atoms with Crippen molar-refractivity contribution in [3.63, 3.8) is 0 Å². The van der Waals surface area contributed by atoms with Crippen molar-refractivity contribution >= 4 is 23.2 Å². The first-order valence-electron chi connectivity index (χ1n) is 12.6. The zero-order chi connectivity index (χ0) is 27.0. The van der Waals surface area contributed by atoms with Crippen LogP contribution < -0.4 is 5.32 Å². The van der Waals surface area contributed by atoms with E-state index < -0.39 is 5.54 Å². The summed E-state index contributed by atoms with van der Waals surface area (Å²) in [5, 5.41) is 10.6. The van der Waals surface area contributed by atoms with E-state index in [9.17, 15) is 9.18 Å². The van der Waals surface area contributed by atoms with Crippen molar-refractivity contribution < 1.29 is 13.9 Å². The SMILES string of the molecule is CO/C(=N\N(C)C=O)C1(c2ccccc2)NC(c2ncc(-c3ccc(F)cc3)[nH]2)Cc2c1[nH]c1ccccc21. The Balaban J connectivity index is 1.57. The van der Waals surface area contributed by atoms with Gasteiger partial charge in [0.15, 0.2) is 5.54 Å². The molecule has 0 saturated carbocycles. The van der Waals surface area contributed by atoms with Crippen LogP contribution in [0.1, 0.15) is 28.7 Å². The summed E-state index contributed by atoms with van der Waals surface area (Å²) in [5.41, 5.74) is 4.38. The smallest absolute Gasteiger partial charge is 0.237 e. The highest BCUT2D eigenvalue weighted by atomic mass is 19.1. The minimum Gasteiger partial charge on any atom is -0.481 e. The van der Waals surface area contributed by atoms with Gasteiger partial charge in [-0.3, -0.25) is 10.1 Å². The molecule has 1 aliphatic rings. The van der Waals surface area contributed by atoms with Crippen molar-refractivity contribution in [2.75, 3.05) is 14.2 Å². The minimum absolute atomic E-state index is 0.284. The number of rotatable bonds is 6. The van der Waals surface area contributed by atoms with Crippen LogP contribution in [-0.4, -0.2) is 46.4 Å². The second-order valence-corrected chi connectivity index (χ2v) is 9.52. The molecule has 3 aromatic carbocycles. The Labute approximate surface area is 224 Å². The third-order valence-corrected chi connectivity index (χ3v) is 7.19. The number of nitrogens with zero attached hydrogens (tertiary/aromatic N) is 3. The highest BCUT2D eigenvalue weighted by molar-refractivity contribution is 5.96. The number of aromatic amines is 2. The summed E-state index contributed by atoms with van der Waals surface area (Å²) >= 11 is 0. The van der Waals surface area contributed by atoms with Crippen LogP contribution in [0.15, 0.2) is 90.2 Å². The van der Waals surface area contributed by atoms with Crippen LogP contribution in [-0.2, 0) is 21.5 Å². The number of hydrogen-bond donors (Lipinski definition) is 3. The number of nitrogens with one attached hydrogen (secondary N) is 3. The van der Waals surface area contributed by atoms with E-state index in [0.717, 1.165) is 39.0 Å². The third kappa shape index (κ3) is 4.17. The molecule has 6 rings (SSSR count). The summed E-state index contributed by atoms with van der Waals surface area (Å²) in [4.78, 5) is 23.4. The van der Waals surface area contributed by atoms with Crippen LogP contribution in [0.3, 0.4) is 0 Å². The zero-order valence-electron chi connectivity index (χ0n) is 21.5. The van der Waals surface area contributed by atoms with E-state index in [2.05, 4.69) is 26.5 Å². The number of hydrogen-bond acceptors (Lipinski definition) is 5. The summed E-state index contributed by atoms with van der Waals surface area (Å²) in [6.07, 6.45) is 3.02. The molecular formula is C30H27FN6O2. The highest BCUT2D eigenvalue weighted by Gasteiger charge is 2.50. The minimum atomic E-state index is -1.08. The maximum atomic E-state index is 13.5. The van der Waals surface area contributed by atoms with Crippen molar-refractivity contribution in [2.24, 2.45) is 5.10 Å². The maximum absolute atomic E-state index is 13.5. The monoisotopic (exact) mass is 522 g/mol. The van der Waals surface area contributed by atoms with Crippen LogP contribution in [0, 0.1) is 5.82 Å². The highest BCUT2D eigenvalue weighted by Crippen LogP contribution is 2.44. The van der Waals surface area contributed by atoms with Gasteiger partial charge in [-0.25, -0.2) is 14.4 Å². The molecule has 1 amide bonds. The number of carbonyl (C=O) groups is 1. The van der Waals surface area contributed by atoms with Crippen molar-refractivity contribution in [1.82, 2.24) is 25.3 Å². The Morgan fingerprint density at radius 2 is 1.82 bits per heavy atom. The van der Waals surface area contributed by atoms with Gasteiger partial charge >= 0.3 is 0 Å². The molecule has 0 bridgehead atoms. The molecule has 0 spiro atoms. The van der Waals surface area contributed by atoms with Crippen molar-refractivity contribution in [1.29, 1.82) is 0 Å². The standard InChI is InChI=1S/C30H27FN6O2/c1-37(18-38)36-29(39-2)30(20-8-4-3-5-9-20)27-23(22-10-6-7-11-24(22)33-27)16-25(35-30)28-32-17-26(34-28)19-12-14-21(31)15-13-19/h3-15,17-18,25,33,35H,16H2,1-2H3,(H,32,34)/b36-29-. The number of ether oxygens (including phenoxy) is 1. The maximum Gasteiger partial charge on any atom is 0.237 e. The van der Waals surface area contributed by atoms with E-state index in [1.165, 1.54) is 17.1 Å². The summed E-state index contributed by atoms with van der Waals surface area (Å²) in [6.45, 7) is 0. The molecule has 3 N–H and O–H groups in total. The Morgan fingerprint density at radius 3 is 2.56 bits per heavy atom. The average molecular weight is 523 g/mol. The quantitative estimate of drug-likeness (QED) is 0.128. The molecule has 3 heterocycles. The van der Waals surface area contributed by atoms with E-state index in [4.69, 9.17) is 9.72 Å². The number of aromatic nitrogens is 3. The number of fused-ring (bicyclic) bond motifs is 3. The van der Waals surface area contributed by atoms with Gasteiger partial charge in [0.05, 0.1) is 30.7 Å². The normalized spacial score (nSPS) is 19.1. The Hall–Kier alpha value is -4.76. The number of methoxy groups -OCH3 is 1. The Morgan fingerprint density at radius 1 is 1.08 bits per heavy atom. The second kappa shape index (κ2) is 9.85. The molecule has 8 nitrogen and oxygen atoms in total. The lowest BCUT2D eigenvalue weighted by molar-refractivity contribution is -0.117. The molecule has 1 aliphatic heterocycles. The Kier molecular flexibility index (Phi) is 6.20. The molecular weight excluding hydrogens is 495 g/mol. The van der Waals surface area contributed by atoms with Gasteiger partial charge in [-0.05, 0) is 53.4 Å². The molecule has 0 radical (unpaired) electrons. The zero-order valence-corrected chi connectivity index (χ0v) is 21.5. The van der Waals surface area contributed by atoms with Gasteiger partial charge in [0.1, 0.15) is 11.6 Å². The Bertz CT molecular complexity index is 1660. The third-order valence-electron chi connectivity index (χ3n) is 7.19. The number of para-hydroxylation sites is 1. The number of carbonyl (C=O) groups excluding carboxylic acids is 1. The molecule has 5 aromatic rings. The first-order valence-corrected chi connectivity index (χ1v) is 12.6. The molecule has 2 atom stereocenters. The van der Waals surface area contributed by atoms with E-state index in [1.54, 1.807) is 32.5 Å². The van der Waals surface area contributed by atoms with Gasteiger partial charge in [-0.2, -0.15) is 0 Å². The lowest BCUT2D eigenvalue weighted by atomic mass is 9.78. The number of H-pyrrole nitrogens is 2. The van der Waals surface area contributed by atoms with Crippen LogP contribution in [0.4, 0.5) is 4.39 Å². The van der Waals surface area contributed by atoms with Crippen LogP contribution in [0.2, 0.25) is 0 Å². The van der Waals surface area contributed by atoms with Crippen molar-refractivity contribution in [2.45, 2.75) is 18.0 Å². The van der Waals surface area contributed by atoms with Gasteiger partial charge in [0.2, 0.25) is 12.3 Å². The first kappa shape index (κ1) is 24.6.